The van der Waals surface area contributed by atoms with Crippen LogP contribution < -0.4 is 0 Å². The number of aryl methyl sites for hydroxylation is 2. The standard InChI is InChI=1S/C38H28Cl4F2N4O6S4/c1-17-37(57(49,50)51)23-15-21-31(45-47(33(21)35(23)55-17)29-11-9-19(39)13-25(29)41)27(43)7-5-3-4-6-8-28(44)32-22-16-24-36(56-18(2)38(24)58(52,53)54)34(22)48(46-32)30-12-10-20(40)14-26(30)42/h7-14H,3-6,15-16H2,1-2H3,(H,49,50,51)(H,52,53,54)/b27-7-,28-8-. The van der Waals surface area contributed by atoms with E-state index < -0.39 is 31.9 Å². The van der Waals surface area contributed by atoms with Gasteiger partial charge in [0.2, 0.25) is 0 Å². The maximum Gasteiger partial charge on any atom is 0.295 e. The van der Waals surface area contributed by atoms with Gasteiger partial charge in [0.1, 0.15) is 32.8 Å². The summed E-state index contributed by atoms with van der Waals surface area (Å²) in [7, 11) is -9.13. The lowest BCUT2D eigenvalue weighted by atomic mass is 10.1. The molecule has 0 unspecified atom stereocenters. The van der Waals surface area contributed by atoms with Gasteiger partial charge in [-0.15, -0.1) is 22.7 Å². The molecule has 0 atom stereocenters. The van der Waals surface area contributed by atoms with Gasteiger partial charge in [-0.25, -0.2) is 18.1 Å². The molecule has 4 heterocycles. The molecule has 0 radical (unpaired) electrons. The van der Waals surface area contributed by atoms with Crippen molar-refractivity contribution in [3.63, 3.8) is 0 Å². The van der Waals surface area contributed by atoms with Crippen LogP contribution in [0.25, 0.3) is 44.2 Å². The molecule has 0 saturated heterocycles. The molecule has 0 bridgehead atoms. The van der Waals surface area contributed by atoms with Crippen LogP contribution in [-0.4, -0.2) is 45.5 Å². The molecular weight excluding hydrogens is 917 g/mol. The monoisotopic (exact) mass is 942 g/mol. The summed E-state index contributed by atoms with van der Waals surface area (Å²) >= 11 is 27.6. The predicted molar refractivity (Wildman–Crippen MR) is 225 cm³/mol. The van der Waals surface area contributed by atoms with Crippen molar-refractivity contribution in [2.45, 2.75) is 62.2 Å². The van der Waals surface area contributed by atoms with E-state index in [-0.39, 0.29) is 56.9 Å². The number of halogens is 6. The van der Waals surface area contributed by atoms with Gasteiger partial charge in [0.05, 0.1) is 42.6 Å². The van der Waals surface area contributed by atoms with Gasteiger partial charge in [0.15, 0.2) is 0 Å². The SMILES string of the molecule is Cc1sc2c(c1S(=O)(=O)O)Cc1c(/C(F)=C/CCCC/C=C(\F)c3nn(-c4ccc(Cl)cc4Cl)c4c3Cc3c-4sc(C)c3S(=O)(=O)O)nn(-c3ccc(Cl)cc3Cl)c1-2. The molecule has 6 aromatic rings. The van der Waals surface area contributed by atoms with Crippen LogP contribution in [0.3, 0.4) is 0 Å². The van der Waals surface area contributed by atoms with Crippen molar-refractivity contribution in [2.24, 2.45) is 0 Å². The molecule has 4 aromatic heterocycles. The molecule has 2 aromatic carbocycles. The Morgan fingerprint density at radius 3 is 1.41 bits per heavy atom. The van der Waals surface area contributed by atoms with Crippen molar-refractivity contribution in [1.29, 1.82) is 0 Å². The van der Waals surface area contributed by atoms with Crippen LogP contribution in [0.4, 0.5) is 8.78 Å². The summed E-state index contributed by atoms with van der Waals surface area (Å²) < 4.78 is 104. The second-order valence-electron chi connectivity index (χ2n) is 13.6. The lowest BCUT2D eigenvalue weighted by Crippen LogP contribution is -2.03. The van der Waals surface area contributed by atoms with E-state index in [1.165, 1.54) is 33.6 Å². The van der Waals surface area contributed by atoms with Gasteiger partial charge in [0, 0.05) is 43.8 Å². The highest BCUT2D eigenvalue weighted by molar-refractivity contribution is 7.86. The number of allylic oxidation sites excluding steroid dienone is 2. The fourth-order valence-corrected chi connectivity index (χ4v) is 13.5. The Bertz CT molecular complexity index is 2820. The normalized spacial score (nSPS) is 14.0. The highest BCUT2D eigenvalue weighted by Gasteiger charge is 2.39. The van der Waals surface area contributed by atoms with Gasteiger partial charge in [-0.1, -0.05) is 46.4 Å². The third-order valence-electron chi connectivity index (χ3n) is 9.90. The summed E-state index contributed by atoms with van der Waals surface area (Å²) in [4.78, 5) is 1.43. The Labute approximate surface area is 359 Å². The third-order valence-corrected chi connectivity index (χ3v) is 15.7. The Kier molecular flexibility index (Phi) is 10.9. The van der Waals surface area contributed by atoms with Crippen LogP contribution >= 0.6 is 69.1 Å². The smallest absolute Gasteiger partial charge is 0.282 e. The van der Waals surface area contributed by atoms with E-state index in [4.69, 9.17) is 46.4 Å². The van der Waals surface area contributed by atoms with Gasteiger partial charge < -0.3 is 0 Å². The van der Waals surface area contributed by atoms with Gasteiger partial charge in [-0.05, 0) is 99.2 Å². The zero-order chi connectivity index (χ0) is 41.6. The zero-order valence-corrected chi connectivity index (χ0v) is 36.4. The van der Waals surface area contributed by atoms with Crippen LogP contribution in [0.5, 0.6) is 0 Å². The van der Waals surface area contributed by atoms with Crippen molar-refractivity contribution in [1.82, 2.24) is 19.6 Å². The first-order valence-corrected chi connectivity index (χ1v) is 23.4. The summed E-state index contributed by atoms with van der Waals surface area (Å²) in [6.07, 6.45) is 4.23. The minimum Gasteiger partial charge on any atom is -0.282 e. The number of hydrogen-bond donors (Lipinski definition) is 2. The largest absolute Gasteiger partial charge is 0.295 e. The van der Waals surface area contributed by atoms with Crippen molar-refractivity contribution < 1.29 is 34.7 Å². The molecule has 10 nitrogen and oxygen atoms in total. The minimum atomic E-state index is -4.57. The number of rotatable bonds is 11. The fourth-order valence-electron chi connectivity index (χ4n) is 7.57. The Morgan fingerprint density at radius 2 is 1.07 bits per heavy atom. The molecule has 302 valence electrons. The van der Waals surface area contributed by atoms with Gasteiger partial charge in [0.25, 0.3) is 20.2 Å². The molecule has 2 aliphatic carbocycles. The Morgan fingerprint density at radius 1 is 0.690 bits per heavy atom. The first-order valence-electron chi connectivity index (χ1n) is 17.4. The highest BCUT2D eigenvalue weighted by atomic mass is 35.5. The average Bonchev–Trinajstić information content (AvgIpc) is 3.94. The van der Waals surface area contributed by atoms with Crippen LogP contribution in [0.1, 0.15) is 69.1 Å². The zero-order valence-electron chi connectivity index (χ0n) is 30.1. The maximum absolute atomic E-state index is 16.0. The number of unbranched alkanes of at least 4 members (excludes halogenated alkanes) is 3. The number of nitrogens with zero attached hydrogens (tertiary/aromatic N) is 4. The van der Waals surface area contributed by atoms with Gasteiger partial charge in [-0.3, -0.25) is 9.11 Å². The molecule has 8 rings (SSSR count). The molecule has 2 aliphatic rings. The van der Waals surface area contributed by atoms with Crippen LogP contribution in [0, 0.1) is 13.8 Å². The van der Waals surface area contributed by atoms with E-state index in [9.17, 15) is 25.9 Å². The first kappa shape index (κ1) is 41.3. The summed E-state index contributed by atoms with van der Waals surface area (Å²) in [5, 5.41) is 10.4. The molecule has 58 heavy (non-hydrogen) atoms. The van der Waals surface area contributed by atoms with Crippen molar-refractivity contribution in [3.8, 4) is 32.5 Å². The van der Waals surface area contributed by atoms with E-state index >= 15 is 8.78 Å². The minimum absolute atomic E-state index is 0.000365. The first-order chi connectivity index (χ1) is 27.3. The summed E-state index contributed by atoms with van der Waals surface area (Å²) in [6, 6.07) is 9.49. The van der Waals surface area contributed by atoms with Crippen LogP contribution in [-0.2, 0) is 33.1 Å². The fraction of sp³-hybridized carbons (Fsp3) is 0.211. The molecule has 0 aliphatic heterocycles. The van der Waals surface area contributed by atoms with Crippen LogP contribution in [0.15, 0.2) is 58.3 Å². The van der Waals surface area contributed by atoms with E-state index in [1.54, 1.807) is 38.1 Å². The maximum atomic E-state index is 16.0. The molecule has 20 heteroatoms. The summed E-state index contributed by atoms with van der Waals surface area (Å²) in [5.74, 6) is -1.29. The van der Waals surface area contributed by atoms with E-state index in [2.05, 4.69) is 10.2 Å². The molecule has 2 N–H and O–H groups in total. The predicted octanol–water partition coefficient (Wildman–Crippen LogP) is 11.9. The molecule has 0 amide bonds. The second kappa shape index (κ2) is 15.2. The van der Waals surface area contributed by atoms with E-state index in [0.717, 1.165) is 22.7 Å². The second-order valence-corrected chi connectivity index (χ2v) is 20.5. The Hall–Kier alpha value is -3.42. The van der Waals surface area contributed by atoms with Gasteiger partial charge in [-0.2, -0.15) is 27.0 Å². The van der Waals surface area contributed by atoms with E-state index in [0.29, 0.717) is 87.4 Å². The number of fused-ring (bicyclic) bond motifs is 6. The lowest BCUT2D eigenvalue weighted by Gasteiger charge is -2.08. The number of thiophene rings is 2. The lowest BCUT2D eigenvalue weighted by molar-refractivity contribution is 0.480. The number of hydrogen-bond acceptors (Lipinski definition) is 8. The number of aromatic nitrogens is 4. The topological polar surface area (TPSA) is 144 Å². The molecule has 0 fully saturated rings. The average molecular weight is 945 g/mol. The van der Waals surface area contributed by atoms with E-state index in [1.807, 2.05) is 0 Å². The summed E-state index contributed by atoms with van der Waals surface area (Å²) in [5.41, 5.74) is 3.33. The molecular formula is C38H28Cl4F2N4O6S4. The van der Waals surface area contributed by atoms with Crippen molar-refractivity contribution in [3.05, 3.63) is 112 Å². The Balaban J connectivity index is 1.04. The molecule has 0 spiro atoms. The third kappa shape index (κ3) is 7.18. The van der Waals surface area contributed by atoms with Crippen LogP contribution in [0.2, 0.25) is 20.1 Å². The highest BCUT2D eigenvalue weighted by Crippen LogP contribution is 2.51. The number of benzene rings is 2. The molecule has 0 saturated carbocycles. The van der Waals surface area contributed by atoms with Gasteiger partial charge >= 0.3 is 0 Å². The van der Waals surface area contributed by atoms with Crippen molar-refractivity contribution in [2.75, 3.05) is 0 Å². The van der Waals surface area contributed by atoms with Crippen molar-refractivity contribution >= 4 is 101 Å². The summed E-state index contributed by atoms with van der Waals surface area (Å²) in [6.45, 7) is 3.17. The quantitative estimate of drug-likeness (QED) is 0.0963.